The van der Waals surface area contributed by atoms with Crippen molar-refractivity contribution in [1.82, 2.24) is 4.90 Å². The van der Waals surface area contributed by atoms with E-state index in [2.05, 4.69) is 5.32 Å². The molecule has 0 radical (unpaired) electrons. The molecule has 0 unspecified atom stereocenters. The molecule has 0 aliphatic heterocycles. The minimum absolute atomic E-state index is 0.119. The molecule has 3 aromatic rings. The largest absolute Gasteiger partial charge is 0.494 e. The van der Waals surface area contributed by atoms with Crippen LogP contribution < -0.4 is 10.1 Å². The molecule has 0 bridgehead atoms. The summed E-state index contributed by atoms with van der Waals surface area (Å²) in [5, 5.41) is 4.54. The first kappa shape index (κ1) is 23.0. The van der Waals surface area contributed by atoms with Crippen molar-refractivity contribution in [3.8, 4) is 5.75 Å². The summed E-state index contributed by atoms with van der Waals surface area (Å²) in [7, 11) is 2.90. The van der Waals surface area contributed by atoms with Crippen LogP contribution in [0.1, 0.15) is 25.6 Å². The van der Waals surface area contributed by atoms with Gasteiger partial charge in [0, 0.05) is 19.3 Å². The van der Waals surface area contributed by atoms with E-state index in [0.29, 0.717) is 16.1 Å². The normalized spacial score (nSPS) is 10.3. The molecule has 9 heteroatoms. The van der Waals surface area contributed by atoms with Gasteiger partial charge >= 0.3 is 5.97 Å². The molecule has 0 spiro atoms. The molecule has 166 valence electrons. The van der Waals surface area contributed by atoms with Gasteiger partial charge in [-0.15, -0.1) is 11.3 Å². The van der Waals surface area contributed by atoms with E-state index in [1.165, 1.54) is 54.7 Å². The first-order valence-electron chi connectivity index (χ1n) is 9.56. The number of amides is 2. The van der Waals surface area contributed by atoms with Crippen LogP contribution in [0.2, 0.25) is 0 Å². The maximum Gasteiger partial charge on any atom is 0.338 e. The van der Waals surface area contributed by atoms with Crippen molar-refractivity contribution in [3.05, 3.63) is 81.8 Å². The average molecular weight is 456 g/mol. The number of carbonyl (C=O) groups is 3. The lowest BCUT2D eigenvalue weighted by Crippen LogP contribution is -2.30. The minimum Gasteiger partial charge on any atom is -0.494 e. The number of rotatable bonds is 8. The third-order valence-corrected chi connectivity index (χ3v) is 5.38. The van der Waals surface area contributed by atoms with Crippen molar-refractivity contribution in [1.29, 1.82) is 0 Å². The lowest BCUT2D eigenvalue weighted by atomic mass is 10.2. The van der Waals surface area contributed by atoms with Gasteiger partial charge in [0.15, 0.2) is 18.2 Å². The fraction of sp³-hybridized carbons (Fsp3) is 0.174. The van der Waals surface area contributed by atoms with E-state index in [-0.39, 0.29) is 23.8 Å². The lowest BCUT2D eigenvalue weighted by Gasteiger charge is -2.17. The fourth-order valence-corrected chi connectivity index (χ4v) is 3.40. The molecule has 3 rings (SSSR count). The van der Waals surface area contributed by atoms with Gasteiger partial charge in [0.1, 0.15) is 0 Å². The SMILES string of the molecule is COc1ccc(CN(C)C(=O)COC(=O)c2ccc(NC(=O)c3cccs3)cc2)cc1F. The Labute approximate surface area is 188 Å². The predicted molar refractivity (Wildman–Crippen MR) is 118 cm³/mol. The molecule has 1 aromatic heterocycles. The Morgan fingerprint density at radius 3 is 2.47 bits per heavy atom. The number of methoxy groups -OCH3 is 1. The van der Waals surface area contributed by atoms with Gasteiger partial charge in [-0.25, -0.2) is 9.18 Å². The Hall–Kier alpha value is -3.72. The molecule has 0 aliphatic rings. The number of hydrogen-bond donors (Lipinski definition) is 1. The van der Waals surface area contributed by atoms with E-state index in [1.54, 1.807) is 30.3 Å². The van der Waals surface area contributed by atoms with Crippen LogP contribution in [0.3, 0.4) is 0 Å². The highest BCUT2D eigenvalue weighted by Crippen LogP contribution is 2.19. The van der Waals surface area contributed by atoms with E-state index in [1.807, 2.05) is 5.38 Å². The van der Waals surface area contributed by atoms with Crippen molar-refractivity contribution in [2.45, 2.75) is 6.54 Å². The summed E-state index contributed by atoms with van der Waals surface area (Å²) in [6.07, 6.45) is 0. The van der Waals surface area contributed by atoms with Crippen LogP contribution in [0.4, 0.5) is 10.1 Å². The Morgan fingerprint density at radius 1 is 1.09 bits per heavy atom. The highest BCUT2D eigenvalue weighted by molar-refractivity contribution is 7.12. The molecule has 0 saturated heterocycles. The van der Waals surface area contributed by atoms with Gasteiger partial charge in [0.2, 0.25) is 0 Å². The Morgan fingerprint density at radius 2 is 1.84 bits per heavy atom. The lowest BCUT2D eigenvalue weighted by molar-refractivity contribution is -0.133. The minimum atomic E-state index is -0.668. The zero-order chi connectivity index (χ0) is 23.1. The van der Waals surface area contributed by atoms with Gasteiger partial charge in [-0.05, 0) is 53.4 Å². The molecule has 0 aliphatic carbocycles. The van der Waals surface area contributed by atoms with Crippen molar-refractivity contribution in [3.63, 3.8) is 0 Å². The van der Waals surface area contributed by atoms with Crippen molar-refractivity contribution < 1.29 is 28.2 Å². The standard InChI is InChI=1S/C23H21FN2O5S/c1-26(13-15-5-10-19(30-2)18(24)12-15)21(27)14-31-23(29)16-6-8-17(9-7-16)25-22(28)20-4-3-11-32-20/h3-12H,13-14H2,1-2H3,(H,25,28). The number of benzene rings is 2. The van der Waals surface area contributed by atoms with Crippen LogP contribution in [-0.2, 0) is 16.1 Å². The number of halogens is 1. The molecular weight excluding hydrogens is 435 g/mol. The van der Waals surface area contributed by atoms with Crippen LogP contribution in [0.15, 0.2) is 60.0 Å². The van der Waals surface area contributed by atoms with Gasteiger partial charge in [-0.3, -0.25) is 9.59 Å². The number of nitrogens with one attached hydrogen (secondary N) is 1. The maximum absolute atomic E-state index is 13.8. The zero-order valence-corrected chi connectivity index (χ0v) is 18.3. The van der Waals surface area contributed by atoms with Crippen LogP contribution in [0, 0.1) is 5.82 Å². The molecule has 0 saturated carbocycles. The fourth-order valence-electron chi connectivity index (χ4n) is 2.78. The van der Waals surface area contributed by atoms with E-state index in [0.717, 1.165) is 0 Å². The summed E-state index contributed by atoms with van der Waals surface area (Å²) in [4.78, 5) is 38.5. The number of anilines is 1. The number of thiophene rings is 1. The Kier molecular flexibility index (Phi) is 7.56. The second-order valence-corrected chi connectivity index (χ2v) is 7.75. The monoisotopic (exact) mass is 456 g/mol. The third kappa shape index (κ3) is 5.92. The molecule has 0 fully saturated rings. The van der Waals surface area contributed by atoms with E-state index in [4.69, 9.17) is 9.47 Å². The number of ether oxygens (including phenoxy) is 2. The average Bonchev–Trinajstić information content (AvgIpc) is 3.33. The molecule has 1 N–H and O–H groups in total. The van der Waals surface area contributed by atoms with Crippen molar-refractivity contribution in [2.75, 3.05) is 26.1 Å². The van der Waals surface area contributed by atoms with E-state index >= 15 is 0 Å². The number of carbonyl (C=O) groups excluding carboxylic acids is 3. The summed E-state index contributed by atoms with van der Waals surface area (Å²) in [5.74, 6) is -1.74. The van der Waals surface area contributed by atoms with Gasteiger partial charge < -0.3 is 19.7 Å². The first-order chi connectivity index (χ1) is 15.4. The third-order valence-electron chi connectivity index (χ3n) is 4.51. The highest BCUT2D eigenvalue weighted by atomic mass is 32.1. The second-order valence-electron chi connectivity index (χ2n) is 6.80. The smallest absolute Gasteiger partial charge is 0.338 e. The Bertz CT molecular complexity index is 1100. The predicted octanol–water partition coefficient (Wildman–Crippen LogP) is 3.96. The molecule has 32 heavy (non-hydrogen) atoms. The maximum atomic E-state index is 13.8. The summed E-state index contributed by atoms with van der Waals surface area (Å²) >= 11 is 1.33. The molecule has 7 nitrogen and oxygen atoms in total. The van der Waals surface area contributed by atoms with Gasteiger partial charge in [-0.2, -0.15) is 0 Å². The van der Waals surface area contributed by atoms with E-state index < -0.39 is 24.3 Å². The first-order valence-corrected chi connectivity index (χ1v) is 10.4. The number of nitrogens with zero attached hydrogens (tertiary/aromatic N) is 1. The topological polar surface area (TPSA) is 84.9 Å². The Balaban J connectivity index is 1.49. The number of likely N-dealkylation sites (N-methyl/N-ethyl adjacent to an activating group) is 1. The van der Waals surface area contributed by atoms with Crippen molar-refractivity contribution >= 4 is 34.8 Å². The van der Waals surface area contributed by atoms with Crippen LogP contribution in [0.25, 0.3) is 0 Å². The second kappa shape index (κ2) is 10.5. The summed E-state index contributed by atoms with van der Waals surface area (Å²) in [5.41, 5.74) is 1.35. The van der Waals surface area contributed by atoms with Gasteiger partial charge in [-0.1, -0.05) is 12.1 Å². The van der Waals surface area contributed by atoms with Gasteiger partial charge in [0.05, 0.1) is 17.6 Å². The van der Waals surface area contributed by atoms with Crippen LogP contribution in [0.5, 0.6) is 5.75 Å². The zero-order valence-electron chi connectivity index (χ0n) is 17.5. The number of hydrogen-bond acceptors (Lipinski definition) is 6. The summed E-state index contributed by atoms with van der Waals surface area (Å²) in [6.45, 7) is -0.305. The van der Waals surface area contributed by atoms with Crippen molar-refractivity contribution in [2.24, 2.45) is 0 Å². The van der Waals surface area contributed by atoms with Gasteiger partial charge in [0.25, 0.3) is 11.8 Å². The quantitative estimate of drug-likeness (QED) is 0.519. The number of esters is 1. The summed E-state index contributed by atoms with van der Waals surface area (Å²) < 4.78 is 23.7. The molecular formula is C23H21FN2O5S. The molecule has 2 amide bonds. The van der Waals surface area contributed by atoms with Crippen LogP contribution in [-0.4, -0.2) is 43.4 Å². The summed E-state index contributed by atoms with van der Waals surface area (Å²) in [6, 6.07) is 14.1. The molecule has 0 atom stereocenters. The molecule has 2 aromatic carbocycles. The van der Waals surface area contributed by atoms with E-state index in [9.17, 15) is 18.8 Å². The van der Waals surface area contributed by atoms with Crippen LogP contribution >= 0.6 is 11.3 Å². The highest BCUT2D eigenvalue weighted by Gasteiger charge is 2.15. The molecule has 1 heterocycles.